The van der Waals surface area contributed by atoms with Crippen molar-refractivity contribution >= 4 is 22.2 Å². The van der Waals surface area contributed by atoms with E-state index in [1.54, 1.807) is 0 Å². The molecule has 0 aromatic carbocycles. The van der Waals surface area contributed by atoms with Gasteiger partial charge in [0.2, 0.25) is 0 Å². The standard InChI is InChI=1S/C5H5BrN2O/c1-8-2-4(6)7-5(8)3-9/h2-3H,1H3/i1D3. The summed E-state index contributed by atoms with van der Waals surface area (Å²) in [5.41, 5.74) is 0. The summed E-state index contributed by atoms with van der Waals surface area (Å²) in [7, 11) is 0. The first-order valence-electron chi connectivity index (χ1n) is 3.65. The van der Waals surface area contributed by atoms with E-state index in [-0.39, 0.29) is 5.82 Å². The number of imidazole rings is 1. The summed E-state index contributed by atoms with van der Waals surface area (Å²) in [5, 5.41) is 0. The first kappa shape index (κ1) is 3.51. The third-order valence-corrected chi connectivity index (χ3v) is 1.19. The van der Waals surface area contributed by atoms with Crippen molar-refractivity contribution in [3.05, 3.63) is 16.6 Å². The maximum absolute atomic E-state index is 10.3. The molecule has 0 atom stereocenters. The molecule has 1 rings (SSSR count). The van der Waals surface area contributed by atoms with Gasteiger partial charge in [0, 0.05) is 17.3 Å². The predicted molar refractivity (Wildman–Crippen MR) is 36.3 cm³/mol. The van der Waals surface area contributed by atoms with Crippen LogP contribution in [0, 0.1) is 0 Å². The minimum absolute atomic E-state index is 0.109. The number of aryl methyl sites for hydroxylation is 1. The Balaban J connectivity index is 3.22. The lowest BCUT2D eigenvalue weighted by atomic mass is 10.7. The van der Waals surface area contributed by atoms with E-state index >= 15 is 0 Å². The number of carbonyl (C=O) groups is 1. The Hall–Kier alpha value is -0.640. The maximum atomic E-state index is 10.3. The van der Waals surface area contributed by atoms with Crippen LogP contribution >= 0.6 is 15.9 Å². The SMILES string of the molecule is [2H]C([2H])([2H])n1cc(Br)nc1C=O. The molecular weight excluding hydrogens is 184 g/mol. The molecule has 1 heterocycles. The molecule has 0 aliphatic heterocycles. The average Bonchev–Trinajstić information content (AvgIpc) is 2.29. The normalized spacial score (nSPS) is 15.9. The van der Waals surface area contributed by atoms with Gasteiger partial charge in [0.25, 0.3) is 0 Å². The quantitative estimate of drug-likeness (QED) is 0.622. The fourth-order valence-corrected chi connectivity index (χ4v) is 0.834. The molecule has 4 heteroatoms. The summed E-state index contributed by atoms with van der Waals surface area (Å²) < 4.78 is 22.2. The van der Waals surface area contributed by atoms with Gasteiger partial charge in [0.1, 0.15) is 4.60 Å². The summed E-state index contributed by atoms with van der Waals surface area (Å²) in [6.45, 7) is -2.35. The molecule has 0 aliphatic carbocycles. The second kappa shape index (κ2) is 2.31. The Kier molecular flexibility index (Phi) is 0.899. The number of aldehydes is 1. The smallest absolute Gasteiger partial charge is 0.185 e. The van der Waals surface area contributed by atoms with E-state index in [2.05, 4.69) is 20.9 Å². The lowest BCUT2D eigenvalue weighted by molar-refractivity contribution is 0.111. The lowest BCUT2D eigenvalue weighted by Gasteiger charge is -1.86. The number of hydrogen-bond donors (Lipinski definition) is 0. The highest BCUT2D eigenvalue weighted by Gasteiger charge is 1.98. The first-order chi connectivity index (χ1) is 5.45. The topological polar surface area (TPSA) is 34.9 Å². The predicted octanol–water partition coefficient (Wildman–Crippen LogP) is 0.995. The van der Waals surface area contributed by atoms with Crippen LogP contribution < -0.4 is 0 Å². The van der Waals surface area contributed by atoms with Crippen LogP contribution in [0.1, 0.15) is 14.7 Å². The molecule has 48 valence electrons. The highest BCUT2D eigenvalue weighted by molar-refractivity contribution is 9.10. The van der Waals surface area contributed by atoms with E-state index < -0.39 is 6.98 Å². The van der Waals surface area contributed by atoms with Gasteiger partial charge >= 0.3 is 0 Å². The van der Waals surface area contributed by atoms with Gasteiger partial charge in [-0.05, 0) is 15.9 Å². The molecule has 0 saturated heterocycles. The molecule has 0 aliphatic rings. The molecule has 0 unspecified atom stereocenters. The van der Waals surface area contributed by atoms with Crippen molar-refractivity contribution in [2.45, 2.75) is 0 Å². The van der Waals surface area contributed by atoms with Gasteiger partial charge in [-0.1, -0.05) is 0 Å². The average molecular weight is 192 g/mol. The van der Waals surface area contributed by atoms with Gasteiger partial charge in [-0.2, -0.15) is 0 Å². The van der Waals surface area contributed by atoms with E-state index in [0.29, 0.717) is 10.9 Å². The molecule has 1 aromatic heterocycles. The van der Waals surface area contributed by atoms with E-state index in [1.807, 2.05) is 0 Å². The molecule has 0 N–H and O–H groups in total. The van der Waals surface area contributed by atoms with Gasteiger partial charge < -0.3 is 4.57 Å². The van der Waals surface area contributed by atoms with E-state index in [0.717, 1.165) is 4.57 Å². The summed E-state index contributed by atoms with van der Waals surface area (Å²) in [5.74, 6) is -0.109. The number of carbonyl (C=O) groups excluding carboxylic acids is 1. The molecule has 3 nitrogen and oxygen atoms in total. The van der Waals surface area contributed by atoms with Crippen molar-refractivity contribution < 1.29 is 8.91 Å². The van der Waals surface area contributed by atoms with Crippen molar-refractivity contribution in [3.63, 3.8) is 0 Å². The van der Waals surface area contributed by atoms with Crippen LogP contribution in [0.25, 0.3) is 0 Å². The van der Waals surface area contributed by atoms with Crippen molar-refractivity contribution in [3.8, 4) is 0 Å². The van der Waals surface area contributed by atoms with Gasteiger partial charge in [0.15, 0.2) is 12.1 Å². The molecule has 1 aromatic rings. The number of nitrogens with zero attached hydrogens (tertiary/aromatic N) is 2. The minimum atomic E-state index is -2.35. The lowest BCUT2D eigenvalue weighted by Crippen LogP contribution is -1.92. The summed E-state index contributed by atoms with van der Waals surface area (Å²) >= 11 is 2.98. The van der Waals surface area contributed by atoms with Gasteiger partial charge in [-0.15, -0.1) is 0 Å². The van der Waals surface area contributed by atoms with Crippen LogP contribution in [-0.4, -0.2) is 15.8 Å². The summed E-state index contributed by atoms with van der Waals surface area (Å²) in [6, 6.07) is 0. The molecule has 0 bridgehead atoms. The fraction of sp³-hybridized carbons (Fsp3) is 0.200. The Morgan fingerprint density at radius 3 is 3.33 bits per heavy atom. The maximum Gasteiger partial charge on any atom is 0.185 e. The van der Waals surface area contributed by atoms with Crippen LogP contribution in [0.2, 0.25) is 0 Å². The van der Waals surface area contributed by atoms with Crippen LogP contribution in [0.4, 0.5) is 0 Å². The largest absolute Gasteiger partial charge is 0.331 e. The van der Waals surface area contributed by atoms with Crippen LogP contribution in [0.15, 0.2) is 10.8 Å². The summed E-state index contributed by atoms with van der Waals surface area (Å²) in [6.07, 6.45) is 1.65. The third-order valence-electron chi connectivity index (χ3n) is 0.809. The Morgan fingerprint density at radius 2 is 2.89 bits per heavy atom. The van der Waals surface area contributed by atoms with E-state index in [1.165, 1.54) is 6.20 Å². The second-order valence-electron chi connectivity index (χ2n) is 1.41. The van der Waals surface area contributed by atoms with Gasteiger partial charge in [-0.3, -0.25) is 4.79 Å². The van der Waals surface area contributed by atoms with E-state index in [9.17, 15) is 4.79 Å². The zero-order valence-electron chi connectivity index (χ0n) is 7.34. The zero-order valence-corrected chi connectivity index (χ0v) is 5.92. The monoisotopic (exact) mass is 191 g/mol. The van der Waals surface area contributed by atoms with Crippen molar-refractivity contribution in [1.29, 1.82) is 0 Å². The number of rotatable bonds is 1. The number of hydrogen-bond acceptors (Lipinski definition) is 2. The second-order valence-corrected chi connectivity index (χ2v) is 2.22. The Labute approximate surface area is 65.0 Å². The Bertz CT molecular complexity index is 306. The first-order valence-corrected chi connectivity index (χ1v) is 2.95. The van der Waals surface area contributed by atoms with Crippen LogP contribution in [0.5, 0.6) is 0 Å². The highest BCUT2D eigenvalue weighted by Crippen LogP contribution is 2.05. The number of halogens is 1. The molecule has 0 radical (unpaired) electrons. The van der Waals surface area contributed by atoms with Gasteiger partial charge in [0.05, 0.1) is 0 Å². The van der Waals surface area contributed by atoms with Crippen LogP contribution in [0.3, 0.4) is 0 Å². The molecular formula is C5H5BrN2O. The van der Waals surface area contributed by atoms with E-state index in [4.69, 9.17) is 4.11 Å². The zero-order chi connectivity index (χ0) is 9.35. The molecule has 0 amide bonds. The van der Waals surface area contributed by atoms with Crippen molar-refractivity contribution in [1.82, 2.24) is 9.55 Å². The van der Waals surface area contributed by atoms with Crippen molar-refractivity contribution in [2.24, 2.45) is 6.98 Å². The highest BCUT2D eigenvalue weighted by atomic mass is 79.9. The summed E-state index contributed by atoms with van der Waals surface area (Å²) in [4.78, 5) is 14.0. The van der Waals surface area contributed by atoms with Crippen LogP contribution in [-0.2, 0) is 6.98 Å². The van der Waals surface area contributed by atoms with Crippen molar-refractivity contribution in [2.75, 3.05) is 0 Å². The third kappa shape index (κ3) is 1.18. The molecule has 0 saturated carbocycles. The number of aromatic nitrogens is 2. The van der Waals surface area contributed by atoms with Gasteiger partial charge in [-0.25, -0.2) is 4.98 Å². The minimum Gasteiger partial charge on any atom is -0.331 e. The molecule has 0 spiro atoms. The Morgan fingerprint density at radius 1 is 2.11 bits per heavy atom. The fourth-order valence-electron chi connectivity index (χ4n) is 0.448. The molecule has 0 fully saturated rings. The molecule has 9 heavy (non-hydrogen) atoms.